The van der Waals surface area contributed by atoms with Crippen molar-refractivity contribution in [3.63, 3.8) is 0 Å². The Morgan fingerprint density at radius 1 is 0.320 bits per heavy atom. The largest absolute Gasteiger partial charge is 0.256 e. The van der Waals surface area contributed by atoms with Gasteiger partial charge >= 0.3 is 0 Å². The quantitative estimate of drug-likeness (QED) is 0.180. The zero-order valence-corrected chi connectivity index (χ0v) is 27.2. The predicted octanol–water partition coefficient (Wildman–Crippen LogP) is 12.9. The van der Waals surface area contributed by atoms with Crippen LogP contribution >= 0.6 is 0 Å². The number of hydrogen-bond donors (Lipinski definition) is 0. The van der Waals surface area contributed by atoms with Crippen LogP contribution in [0.5, 0.6) is 0 Å². The molecular formula is C48H30N2. The first-order valence-corrected chi connectivity index (χ1v) is 17.1. The highest BCUT2D eigenvalue weighted by Crippen LogP contribution is 2.41. The average molecular weight is 635 g/mol. The monoisotopic (exact) mass is 634 g/mol. The zero-order chi connectivity index (χ0) is 33.0. The van der Waals surface area contributed by atoms with Crippen molar-refractivity contribution in [3.8, 4) is 44.6 Å². The maximum atomic E-state index is 5.44. The van der Waals surface area contributed by atoms with Crippen LogP contribution in [0.1, 0.15) is 0 Å². The van der Waals surface area contributed by atoms with Gasteiger partial charge in [0.2, 0.25) is 0 Å². The summed E-state index contributed by atoms with van der Waals surface area (Å²) in [5.74, 6) is 0. The molecule has 0 N–H and O–H groups in total. The van der Waals surface area contributed by atoms with Gasteiger partial charge in [0.25, 0.3) is 0 Å². The van der Waals surface area contributed by atoms with Crippen LogP contribution in [0.15, 0.2) is 182 Å². The van der Waals surface area contributed by atoms with Crippen molar-refractivity contribution in [1.29, 1.82) is 0 Å². The molecule has 0 amide bonds. The molecule has 0 atom stereocenters. The number of aromatic nitrogens is 2. The minimum Gasteiger partial charge on any atom is -0.256 e. The molecular weight excluding hydrogens is 605 g/mol. The predicted molar refractivity (Wildman–Crippen MR) is 211 cm³/mol. The van der Waals surface area contributed by atoms with Gasteiger partial charge in [-0.3, -0.25) is 4.98 Å². The Kier molecular flexibility index (Phi) is 6.53. The van der Waals surface area contributed by atoms with Gasteiger partial charge in [-0.1, -0.05) is 140 Å². The van der Waals surface area contributed by atoms with Gasteiger partial charge in [0.15, 0.2) is 0 Å². The van der Waals surface area contributed by atoms with Crippen molar-refractivity contribution in [2.75, 3.05) is 0 Å². The highest BCUT2D eigenvalue weighted by molar-refractivity contribution is 6.16. The molecule has 0 saturated heterocycles. The summed E-state index contributed by atoms with van der Waals surface area (Å²) < 4.78 is 0. The fourth-order valence-electron chi connectivity index (χ4n) is 7.56. The van der Waals surface area contributed by atoms with Crippen LogP contribution in [0.3, 0.4) is 0 Å². The molecule has 0 radical (unpaired) electrons. The summed E-state index contributed by atoms with van der Waals surface area (Å²) in [7, 11) is 0. The average Bonchev–Trinajstić information content (AvgIpc) is 3.19. The summed E-state index contributed by atoms with van der Waals surface area (Å²) in [6.07, 6.45) is 1.90. The number of hydrogen-bond acceptors (Lipinski definition) is 2. The lowest BCUT2D eigenvalue weighted by atomic mass is 9.90. The minimum atomic E-state index is 0.964. The van der Waals surface area contributed by atoms with Gasteiger partial charge in [0, 0.05) is 27.9 Å². The van der Waals surface area contributed by atoms with Crippen LogP contribution in [-0.2, 0) is 0 Å². The lowest BCUT2D eigenvalue weighted by Gasteiger charge is -2.16. The summed E-state index contributed by atoms with van der Waals surface area (Å²) in [5.41, 5.74) is 11.2. The Bertz CT molecular complexity index is 2920. The first-order valence-electron chi connectivity index (χ1n) is 17.1. The molecule has 0 aliphatic carbocycles. The van der Waals surface area contributed by atoms with Crippen LogP contribution in [0, 0.1) is 0 Å². The third-order valence-electron chi connectivity index (χ3n) is 10.1. The molecule has 0 bridgehead atoms. The van der Waals surface area contributed by atoms with Crippen molar-refractivity contribution in [2.24, 2.45) is 0 Å². The summed E-state index contributed by atoms with van der Waals surface area (Å²) in [4.78, 5) is 10.0. The van der Waals surface area contributed by atoms with Crippen molar-refractivity contribution in [3.05, 3.63) is 182 Å². The number of pyridine rings is 2. The van der Waals surface area contributed by atoms with Crippen molar-refractivity contribution >= 4 is 54.1 Å². The smallest absolute Gasteiger partial charge is 0.0794 e. The van der Waals surface area contributed by atoms with E-state index in [0.717, 1.165) is 49.6 Å². The second kappa shape index (κ2) is 11.5. The van der Waals surface area contributed by atoms with E-state index in [1.165, 1.54) is 49.2 Å². The SMILES string of the molecule is c1ccc2cc(-c3cc(-c4ccc(-c5ccnc6ccccc56)cc4)c4cc(-c5ccc6ccccc6c5)c5ccccc5c4n3)ccc2c1. The molecule has 10 aromatic rings. The molecule has 0 aliphatic heterocycles. The molecule has 2 heterocycles. The third kappa shape index (κ3) is 4.73. The second-order valence-electron chi connectivity index (χ2n) is 13.0. The summed E-state index contributed by atoms with van der Waals surface area (Å²) >= 11 is 0. The Morgan fingerprint density at radius 2 is 0.860 bits per heavy atom. The van der Waals surface area contributed by atoms with Gasteiger partial charge in [0.1, 0.15) is 0 Å². The van der Waals surface area contributed by atoms with Gasteiger partial charge < -0.3 is 0 Å². The van der Waals surface area contributed by atoms with Gasteiger partial charge in [-0.15, -0.1) is 0 Å². The van der Waals surface area contributed by atoms with Gasteiger partial charge in [-0.25, -0.2) is 4.98 Å². The second-order valence-corrected chi connectivity index (χ2v) is 13.0. The molecule has 0 unspecified atom stereocenters. The minimum absolute atomic E-state index is 0.964. The Morgan fingerprint density at radius 3 is 1.60 bits per heavy atom. The van der Waals surface area contributed by atoms with E-state index in [0.29, 0.717) is 0 Å². The normalized spacial score (nSPS) is 11.6. The van der Waals surface area contributed by atoms with Crippen LogP contribution in [0.25, 0.3) is 98.8 Å². The van der Waals surface area contributed by atoms with E-state index in [2.05, 4.69) is 175 Å². The van der Waals surface area contributed by atoms with Crippen molar-refractivity contribution in [1.82, 2.24) is 9.97 Å². The molecule has 8 aromatic carbocycles. The van der Waals surface area contributed by atoms with E-state index >= 15 is 0 Å². The summed E-state index contributed by atoms with van der Waals surface area (Å²) in [6.45, 7) is 0. The Labute approximate surface area is 290 Å². The summed E-state index contributed by atoms with van der Waals surface area (Å²) in [6, 6.07) is 63.4. The molecule has 10 rings (SSSR count). The van der Waals surface area contributed by atoms with E-state index < -0.39 is 0 Å². The van der Waals surface area contributed by atoms with E-state index in [-0.39, 0.29) is 0 Å². The van der Waals surface area contributed by atoms with Crippen LogP contribution < -0.4 is 0 Å². The molecule has 232 valence electrons. The maximum Gasteiger partial charge on any atom is 0.0794 e. The number of fused-ring (bicyclic) bond motifs is 6. The number of para-hydroxylation sites is 1. The van der Waals surface area contributed by atoms with Crippen LogP contribution in [0.4, 0.5) is 0 Å². The molecule has 2 heteroatoms. The fourth-order valence-corrected chi connectivity index (χ4v) is 7.56. The maximum absolute atomic E-state index is 5.44. The Balaban J connectivity index is 1.23. The molecule has 2 nitrogen and oxygen atoms in total. The zero-order valence-electron chi connectivity index (χ0n) is 27.2. The molecule has 0 fully saturated rings. The van der Waals surface area contributed by atoms with Gasteiger partial charge in [-0.05, 0) is 96.7 Å². The van der Waals surface area contributed by atoms with E-state index in [1.807, 2.05) is 12.3 Å². The molecule has 2 aromatic heterocycles. The molecule has 0 saturated carbocycles. The topological polar surface area (TPSA) is 25.8 Å². The van der Waals surface area contributed by atoms with E-state index in [1.54, 1.807) is 0 Å². The summed E-state index contributed by atoms with van der Waals surface area (Å²) in [5, 5.41) is 9.55. The first kappa shape index (κ1) is 28.4. The highest BCUT2D eigenvalue weighted by Gasteiger charge is 2.17. The number of rotatable bonds is 4. The fraction of sp³-hybridized carbons (Fsp3) is 0. The standard InChI is InChI=1S/C48H30N2/c1-3-11-35-27-37(23-17-31(35)9-1)43-29-45-44(34-21-19-33(20-22-34)39-25-26-49-46-16-8-7-14-41(39)46)30-47(50-48(45)42-15-6-5-13-40(42)43)38-24-18-32-10-2-4-12-36(32)28-38/h1-30H. The van der Waals surface area contributed by atoms with Crippen LogP contribution in [-0.4, -0.2) is 9.97 Å². The molecule has 0 spiro atoms. The van der Waals surface area contributed by atoms with E-state index in [4.69, 9.17) is 4.98 Å². The van der Waals surface area contributed by atoms with Gasteiger partial charge in [0.05, 0.1) is 16.7 Å². The Hall–Kier alpha value is -6.64. The molecule has 0 aliphatic rings. The number of benzene rings is 8. The van der Waals surface area contributed by atoms with Gasteiger partial charge in [-0.2, -0.15) is 0 Å². The molecule has 50 heavy (non-hydrogen) atoms. The lowest BCUT2D eigenvalue weighted by molar-refractivity contribution is 1.41. The highest BCUT2D eigenvalue weighted by atomic mass is 14.7. The van der Waals surface area contributed by atoms with Crippen molar-refractivity contribution < 1.29 is 0 Å². The van der Waals surface area contributed by atoms with E-state index in [9.17, 15) is 0 Å². The first-order chi connectivity index (χ1) is 24.8. The van der Waals surface area contributed by atoms with Crippen molar-refractivity contribution in [2.45, 2.75) is 0 Å². The third-order valence-corrected chi connectivity index (χ3v) is 10.1. The number of nitrogens with zero attached hydrogens (tertiary/aromatic N) is 2. The van der Waals surface area contributed by atoms with Crippen LogP contribution in [0.2, 0.25) is 0 Å². The lowest BCUT2D eigenvalue weighted by Crippen LogP contribution is -1.94.